The molecule has 0 bridgehead atoms. The lowest BCUT2D eigenvalue weighted by atomic mass is 10.3. The van der Waals surface area contributed by atoms with Gasteiger partial charge in [-0.1, -0.05) is 11.6 Å². The van der Waals surface area contributed by atoms with E-state index in [-0.39, 0.29) is 11.9 Å². The van der Waals surface area contributed by atoms with Crippen LogP contribution in [0, 0.1) is 0 Å². The molecule has 1 amide bonds. The van der Waals surface area contributed by atoms with Gasteiger partial charge in [-0.25, -0.2) is 0 Å². The molecule has 1 aromatic rings. The zero-order valence-electron chi connectivity index (χ0n) is 9.96. The van der Waals surface area contributed by atoms with Gasteiger partial charge in [0.25, 0.3) is 0 Å². The van der Waals surface area contributed by atoms with Gasteiger partial charge in [-0.15, -0.1) is 11.3 Å². The number of rotatable bonds is 7. The van der Waals surface area contributed by atoms with Gasteiger partial charge < -0.3 is 15.4 Å². The predicted octanol–water partition coefficient (Wildman–Crippen LogP) is 1.64. The number of methoxy groups -OCH3 is 1. The molecule has 96 valence electrons. The summed E-state index contributed by atoms with van der Waals surface area (Å²) in [4.78, 5) is 12.7. The van der Waals surface area contributed by atoms with E-state index >= 15 is 0 Å². The summed E-state index contributed by atoms with van der Waals surface area (Å²) in [7, 11) is 1.61. The molecular weight excluding hydrogens is 260 g/mol. The Labute approximate surface area is 110 Å². The Morgan fingerprint density at radius 1 is 1.65 bits per heavy atom. The first-order valence-electron chi connectivity index (χ1n) is 5.36. The fraction of sp³-hybridized carbons (Fsp3) is 0.545. The molecule has 0 aromatic carbocycles. The van der Waals surface area contributed by atoms with E-state index < -0.39 is 0 Å². The van der Waals surface area contributed by atoms with Crippen molar-refractivity contribution in [3.05, 3.63) is 21.3 Å². The Balaban J connectivity index is 2.24. The van der Waals surface area contributed by atoms with Crippen LogP contribution < -0.4 is 10.6 Å². The van der Waals surface area contributed by atoms with Crippen LogP contribution in [0.3, 0.4) is 0 Å². The van der Waals surface area contributed by atoms with Crippen LogP contribution in [-0.4, -0.2) is 32.2 Å². The summed E-state index contributed by atoms with van der Waals surface area (Å²) in [5.41, 5.74) is 0. The minimum Gasteiger partial charge on any atom is -0.383 e. The van der Waals surface area contributed by atoms with E-state index in [9.17, 15) is 4.79 Å². The van der Waals surface area contributed by atoms with Gasteiger partial charge in [-0.2, -0.15) is 0 Å². The Morgan fingerprint density at radius 3 is 3.00 bits per heavy atom. The van der Waals surface area contributed by atoms with E-state index in [4.69, 9.17) is 16.3 Å². The molecule has 0 radical (unpaired) electrons. The van der Waals surface area contributed by atoms with Crippen molar-refractivity contribution in [1.82, 2.24) is 10.6 Å². The van der Waals surface area contributed by atoms with E-state index in [1.807, 2.05) is 18.4 Å². The summed E-state index contributed by atoms with van der Waals surface area (Å²) >= 11 is 7.39. The van der Waals surface area contributed by atoms with Gasteiger partial charge in [0.15, 0.2) is 0 Å². The molecule has 4 nitrogen and oxygen atoms in total. The monoisotopic (exact) mass is 276 g/mol. The summed E-state index contributed by atoms with van der Waals surface area (Å²) in [6.45, 7) is 3.54. The molecule has 0 saturated heterocycles. The maximum absolute atomic E-state index is 11.6. The van der Waals surface area contributed by atoms with Crippen molar-refractivity contribution in [3.63, 3.8) is 0 Å². The third kappa shape index (κ3) is 5.50. The standard InChI is InChI=1S/C11H17ClN2O2S/c1-8(11(15)13-3-4-16-2)14-6-10-5-9(12)7-17-10/h5,7-8,14H,3-4,6H2,1-2H3,(H,13,15). The smallest absolute Gasteiger partial charge is 0.236 e. The van der Waals surface area contributed by atoms with Crippen LogP contribution in [0.4, 0.5) is 0 Å². The topological polar surface area (TPSA) is 50.4 Å². The van der Waals surface area contributed by atoms with Crippen molar-refractivity contribution in [2.45, 2.75) is 19.5 Å². The largest absolute Gasteiger partial charge is 0.383 e. The number of carbonyl (C=O) groups excluding carboxylic acids is 1. The molecular formula is C11H17ClN2O2S. The Morgan fingerprint density at radius 2 is 2.41 bits per heavy atom. The fourth-order valence-corrected chi connectivity index (χ4v) is 2.25. The summed E-state index contributed by atoms with van der Waals surface area (Å²) < 4.78 is 4.86. The van der Waals surface area contributed by atoms with Gasteiger partial charge in [0.2, 0.25) is 5.91 Å². The number of amides is 1. The van der Waals surface area contributed by atoms with Crippen LogP contribution in [0.1, 0.15) is 11.8 Å². The summed E-state index contributed by atoms with van der Waals surface area (Å²) in [6.07, 6.45) is 0. The van der Waals surface area contributed by atoms with Crippen LogP contribution >= 0.6 is 22.9 Å². The molecule has 1 heterocycles. The molecule has 0 aliphatic rings. The second kappa shape index (κ2) is 7.66. The number of nitrogens with one attached hydrogen (secondary N) is 2. The number of thiophene rings is 1. The van der Waals surface area contributed by atoms with Crippen molar-refractivity contribution in [1.29, 1.82) is 0 Å². The number of hydrogen-bond acceptors (Lipinski definition) is 4. The molecule has 0 spiro atoms. The minimum atomic E-state index is -0.229. The molecule has 0 aliphatic carbocycles. The molecule has 0 aliphatic heterocycles. The zero-order chi connectivity index (χ0) is 12.7. The second-order valence-electron chi connectivity index (χ2n) is 3.62. The molecule has 2 N–H and O–H groups in total. The average molecular weight is 277 g/mol. The van der Waals surface area contributed by atoms with Gasteiger partial charge >= 0.3 is 0 Å². The van der Waals surface area contributed by atoms with Gasteiger partial charge in [-0.3, -0.25) is 4.79 Å². The maximum atomic E-state index is 11.6. The highest BCUT2D eigenvalue weighted by Crippen LogP contribution is 2.18. The Hall–Kier alpha value is -0.620. The lowest BCUT2D eigenvalue weighted by Crippen LogP contribution is -2.42. The van der Waals surface area contributed by atoms with Crippen molar-refractivity contribution >= 4 is 28.8 Å². The highest BCUT2D eigenvalue weighted by molar-refractivity contribution is 7.10. The molecule has 1 aromatic heterocycles. The van der Waals surface area contributed by atoms with E-state index in [1.54, 1.807) is 18.4 Å². The van der Waals surface area contributed by atoms with Crippen molar-refractivity contribution < 1.29 is 9.53 Å². The van der Waals surface area contributed by atoms with Gasteiger partial charge in [-0.05, 0) is 13.0 Å². The Bertz CT molecular complexity index is 357. The average Bonchev–Trinajstić information content (AvgIpc) is 2.72. The molecule has 17 heavy (non-hydrogen) atoms. The number of ether oxygens (including phenoxy) is 1. The van der Waals surface area contributed by atoms with Crippen LogP contribution in [0.15, 0.2) is 11.4 Å². The predicted molar refractivity (Wildman–Crippen MR) is 70.5 cm³/mol. The zero-order valence-corrected chi connectivity index (χ0v) is 11.5. The van der Waals surface area contributed by atoms with Crippen molar-refractivity contribution in [3.8, 4) is 0 Å². The first kappa shape index (κ1) is 14.4. The summed E-state index contributed by atoms with van der Waals surface area (Å²) in [5.74, 6) is -0.0234. The summed E-state index contributed by atoms with van der Waals surface area (Å²) in [6, 6.07) is 1.67. The maximum Gasteiger partial charge on any atom is 0.236 e. The molecule has 1 rings (SSSR count). The molecule has 6 heteroatoms. The number of carbonyl (C=O) groups is 1. The second-order valence-corrected chi connectivity index (χ2v) is 5.05. The van der Waals surface area contributed by atoms with E-state index in [2.05, 4.69) is 10.6 Å². The van der Waals surface area contributed by atoms with Crippen molar-refractivity contribution in [2.75, 3.05) is 20.3 Å². The highest BCUT2D eigenvalue weighted by atomic mass is 35.5. The first-order valence-corrected chi connectivity index (χ1v) is 6.62. The van der Waals surface area contributed by atoms with Crippen molar-refractivity contribution in [2.24, 2.45) is 0 Å². The quantitative estimate of drug-likeness (QED) is 0.745. The van der Waals surface area contributed by atoms with Crippen LogP contribution in [-0.2, 0) is 16.1 Å². The third-order valence-electron chi connectivity index (χ3n) is 2.20. The molecule has 1 atom stereocenters. The highest BCUT2D eigenvalue weighted by Gasteiger charge is 2.11. The molecule has 0 saturated carbocycles. The number of halogens is 1. The SMILES string of the molecule is COCCNC(=O)C(C)NCc1cc(Cl)cs1. The van der Waals surface area contributed by atoms with E-state index in [1.165, 1.54) is 0 Å². The number of hydrogen-bond donors (Lipinski definition) is 2. The lowest BCUT2D eigenvalue weighted by Gasteiger charge is -2.13. The lowest BCUT2D eigenvalue weighted by molar-refractivity contribution is -0.122. The van der Waals surface area contributed by atoms with Crippen LogP contribution in [0.5, 0.6) is 0 Å². The third-order valence-corrected chi connectivity index (χ3v) is 3.49. The van der Waals surface area contributed by atoms with E-state index in [0.717, 1.165) is 9.90 Å². The van der Waals surface area contributed by atoms with Crippen LogP contribution in [0.25, 0.3) is 0 Å². The van der Waals surface area contributed by atoms with Gasteiger partial charge in [0.05, 0.1) is 17.7 Å². The molecule has 0 fully saturated rings. The minimum absolute atomic E-state index is 0.0234. The normalized spacial score (nSPS) is 12.4. The van der Waals surface area contributed by atoms with Gasteiger partial charge in [0, 0.05) is 30.5 Å². The van der Waals surface area contributed by atoms with Gasteiger partial charge in [0.1, 0.15) is 0 Å². The van der Waals surface area contributed by atoms with Crippen LogP contribution in [0.2, 0.25) is 5.02 Å². The summed E-state index contributed by atoms with van der Waals surface area (Å²) in [5, 5.41) is 8.53. The molecule has 1 unspecified atom stereocenters. The fourth-order valence-electron chi connectivity index (χ4n) is 1.22. The van der Waals surface area contributed by atoms with E-state index in [0.29, 0.717) is 19.7 Å². The first-order chi connectivity index (χ1) is 8.13. The Kier molecular flexibility index (Phi) is 6.50.